The number of nitrogens with zero attached hydrogens (tertiary/aromatic N) is 3. The van der Waals surface area contributed by atoms with E-state index in [1.54, 1.807) is 18.2 Å². The molecule has 0 fully saturated rings. The summed E-state index contributed by atoms with van der Waals surface area (Å²) in [6, 6.07) is 6.47. The van der Waals surface area contributed by atoms with Gasteiger partial charge >= 0.3 is 0 Å². The Balaban J connectivity index is 1.92. The number of phenols is 1. The molecule has 4 rings (SSSR count). The molecule has 0 saturated carbocycles. The normalized spacial score (nSPS) is 18.2. The first-order valence-corrected chi connectivity index (χ1v) is 19.8. The Morgan fingerprint density at radius 1 is 1.13 bits per heavy atom. The molecule has 1 aliphatic heterocycles. The molecule has 1 aliphatic carbocycles. The monoisotopic (exact) mass is 723 g/mol. The summed E-state index contributed by atoms with van der Waals surface area (Å²) in [5, 5.41) is 22.0. The minimum absolute atomic E-state index is 0.0388. The molecule has 4 N–H and O–H groups in total. The van der Waals surface area contributed by atoms with Crippen LogP contribution in [0, 0.1) is 16.6 Å². The van der Waals surface area contributed by atoms with Crippen molar-refractivity contribution in [2.45, 2.75) is 113 Å². The average Bonchev–Trinajstić information content (AvgIpc) is 3.38. The molecule has 1 atom stereocenters. The number of benzene rings is 2. The Labute approximate surface area is 317 Å². The summed E-state index contributed by atoms with van der Waals surface area (Å²) in [6.45, 7) is 17.3. The largest absolute Gasteiger partial charge is 0.508 e. The van der Waals surface area contributed by atoms with Crippen molar-refractivity contribution in [1.82, 2.24) is 4.90 Å². The van der Waals surface area contributed by atoms with E-state index in [0.717, 1.165) is 72.0 Å². The lowest BCUT2D eigenvalue weighted by atomic mass is 9.80. The minimum atomic E-state index is -0.292. The lowest BCUT2D eigenvalue weighted by molar-refractivity contribution is 0.0819. The fraction of sp³-hybridized carbons (Fsp3) is 0.489. The number of aliphatic imine (C=N–C) groups is 2. The molecule has 2 aromatic carbocycles. The van der Waals surface area contributed by atoms with Crippen LogP contribution in [0.1, 0.15) is 117 Å². The number of halogens is 1. The second kappa shape index (κ2) is 19.6. The van der Waals surface area contributed by atoms with E-state index >= 15 is 4.39 Å². The maximum atomic E-state index is 15.2. The number of aryl methyl sites for hydroxylation is 1. The van der Waals surface area contributed by atoms with Crippen LogP contribution in [0.15, 0.2) is 87.4 Å². The SMILES string of the molecule is C/C=C1\C(=N)C(c2cc(O)cc3ccc(F)c(CC)c23)=CC(C)=C1/C(=N\C(=C\CC)OCC(C)(CCCC)CCCCC)N1CCCN=C(/C=C\N)C1. The zero-order valence-corrected chi connectivity index (χ0v) is 33.2. The van der Waals surface area contributed by atoms with Gasteiger partial charge in [0.15, 0.2) is 0 Å². The predicted octanol–water partition coefficient (Wildman–Crippen LogP) is 11.0. The Bertz CT molecular complexity index is 1850. The van der Waals surface area contributed by atoms with E-state index in [2.05, 4.69) is 38.7 Å². The van der Waals surface area contributed by atoms with Crippen molar-refractivity contribution in [3.8, 4) is 5.75 Å². The van der Waals surface area contributed by atoms with Crippen LogP contribution < -0.4 is 5.73 Å². The summed E-state index contributed by atoms with van der Waals surface area (Å²) in [5.41, 5.74) is 11.3. The van der Waals surface area contributed by atoms with Gasteiger partial charge in [-0.3, -0.25) is 10.4 Å². The van der Waals surface area contributed by atoms with Crippen LogP contribution in [-0.2, 0) is 11.2 Å². The molecule has 8 heteroatoms. The topological polar surface area (TPSA) is 107 Å². The Morgan fingerprint density at radius 3 is 2.57 bits per heavy atom. The van der Waals surface area contributed by atoms with E-state index in [9.17, 15) is 10.5 Å². The van der Waals surface area contributed by atoms with Gasteiger partial charge in [-0.25, -0.2) is 4.39 Å². The summed E-state index contributed by atoms with van der Waals surface area (Å²) >= 11 is 0. The predicted molar refractivity (Wildman–Crippen MR) is 222 cm³/mol. The van der Waals surface area contributed by atoms with Crippen LogP contribution in [0.3, 0.4) is 0 Å². The van der Waals surface area contributed by atoms with Gasteiger partial charge in [0.1, 0.15) is 17.4 Å². The Hall–Kier alpha value is -4.46. The molecule has 53 heavy (non-hydrogen) atoms. The van der Waals surface area contributed by atoms with Crippen LogP contribution in [-0.4, -0.2) is 53.5 Å². The molecule has 0 spiro atoms. The molecule has 0 bridgehead atoms. The quantitative estimate of drug-likeness (QED) is 0.0693. The molecule has 7 nitrogen and oxygen atoms in total. The van der Waals surface area contributed by atoms with Crippen LogP contribution in [0.25, 0.3) is 16.3 Å². The molecule has 2 aromatic rings. The molecule has 0 radical (unpaired) electrons. The van der Waals surface area contributed by atoms with Gasteiger partial charge in [0.05, 0.1) is 24.6 Å². The number of allylic oxidation sites excluding steroid dienone is 5. The molecule has 0 amide bonds. The number of phenolic OH excluding ortho intramolecular Hbond substituents is 1. The van der Waals surface area contributed by atoms with Crippen molar-refractivity contribution in [3.05, 3.63) is 94.3 Å². The molecule has 2 aliphatic rings. The highest BCUT2D eigenvalue weighted by atomic mass is 19.1. The molecule has 286 valence electrons. The Morgan fingerprint density at radius 2 is 1.89 bits per heavy atom. The number of hydrogen-bond donors (Lipinski definition) is 3. The summed E-state index contributed by atoms with van der Waals surface area (Å²) in [6.07, 6.45) is 19.5. The highest BCUT2D eigenvalue weighted by Crippen LogP contribution is 2.40. The average molecular weight is 724 g/mol. The van der Waals surface area contributed by atoms with Gasteiger partial charge in [-0.2, -0.15) is 4.99 Å². The van der Waals surface area contributed by atoms with Gasteiger partial charge in [0.25, 0.3) is 0 Å². The van der Waals surface area contributed by atoms with Crippen LogP contribution in [0.2, 0.25) is 0 Å². The van der Waals surface area contributed by atoms with Gasteiger partial charge in [0, 0.05) is 35.2 Å². The van der Waals surface area contributed by atoms with Crippen molar-refractivity contribution in [2.75, 3.05) is 26.2 Å². The fourth-order valence-electron chi connectivity index (χ4n) is 7.53. The third kappa shape index (κ3) is 10.2. The lowest BCUT2D eigenvalue weighted by Gasteiger charge is -2.32. The zero-order chi connectivity index (χ0) is 38.5. The second-order valence-electron chi connectivity index (χ2n) is 14.7. The molecular weight excluding hydrogens is 662 g/mol. The number of nitrogens with two attached hydrogens (primary N) is 1. The smallest absolute Gasteiger partial charge is 0.211 e. The molecular formula is C45H62FN5O2. The number of fused-ring (bicyclic) bond motifs is 1. The van der Waals surface area contributed by atoms with Gasteiger partial charge in [-0.05, 0) is 116 Å². The maximum Gasteiger partial charge on any atom is 0.211 e. The van der Waals surface area contributed by atoms with E-state index in [1.807, 2.05) is 39.0 Å². The second-order valence-corrected chi connectivity index (χ2v) is 14.7. The highest BCUT2D eigenvalue weighted by molar-refractivity contribution is 6.38. The van der Waals surface area contributed by atoms with Gasteiger partial charge in [0.2, 0.25) is 5.88 Å². The standard InChI is InChI=1S/C45H62FN5O2/c1-8-13-15-22-45(7,21-14-9-2)30-53-40(17-10-3)50-44(51-25-16-24-49-33(29-51)20-23-47)41-31(6)26-38(43(48)36(41)12-5)37-28-34(52)27-32-18-19-39(46)35(11-4)42(32)37/h12,17-20,23,26-28,48,52H,8-11,13-16,21-22,24-25,29-30,47H2,1-7H3/b23-20-,36-12-,40-17-,48-43?,50-44+. The van der Waals surface area contributed by atoms with E-state index in [0.29, 0.717) is 60.8 Å². The van der Waals surface area contributed by atoms with Crippen LogP contribution >= 0.6 is 0 Å². The van der Waals surface area contributed by atoms with Crippen molar-refractivity contribution in [3.63, 3.8) is 0 Å². The first-order chi connectivity index (χ1) is 25.5. The van der Waals surface area contributed by atoms with E-state index in [-0.39, 0.29) is 22.7 Å². The van der Waals surface area contributed by atoms with Crippen LogP contribution in [0.5, 0.6) is 5.75 Å². The molecule has 0 aromatic heterocycles. The number of amidine groups is 1. The van der Waals surface area contributed by atoms with Gasteiger partial charge < -0.3 is 20.5 Å². The van der Waals surface area contributed by atoms with Crippen molar-refractivity contribution >= 4 is 33.6 Å². The van der Waals surface area contributed by atoms with Gasteiger partial charge in [-0.15, -0.1) is 0 Å². The summed E-state index contributed by atoms with van der Waals surface area (Å²) in [7, 11) is 0. The number of hydrogen-bond acceptors (Lipinski definition) is 6. The third-order valence-electron chi connectivity index (χ3n) is 10.4. The minimum Gasteiger partial charge on any atom is -0.508 e. The molecule has 1 heterocycles. The third-order valence-corrected chi connectivity index (χ3v) is 10.4. The number of nitrogens with one attached hydrogen (secondary N) is 1. The molecule has 1 unspecified atom stereocenters. The summed E-state index contributed by atoms with van der Waals surface area (Å²) in [4.78, 5) is 12.4. The lowest BCUT2D eigenvalue weighted by Crippen LogP contribution is -2.38. The number of unbranched alkanes of at least 4 members (excludes halogenated alkanes) is 3. The number of rotatable bonds is 16. The van der Waals surface area contributed by atoms with E-state index < -0.39 is 0 Å². The van der Waals surface area contributed by atoms with Crippen molar-refractivity contribution in [2.24, 2.45) is 21.1 Å². The van der Waals surface area contributed by atoms with Gasteiger partial charge in [-0.1, -0.05) is 78.9 Å². The van der Waals surface area contributed by atoms with E-state index in [1.165, 1.54) is 31.5 Å². The first kappa shape index (κ1) is 41.3. The van der Waals surface area contributed by atoms with E-state index in [4.69, 9.17) is 20.5 Å². The Kier molecular flexibility index (Phi) is 15.2. The first-order valence-electron chi connectivity index (χ1n) is 19.8. The maximum absolute atomic E-state index is 15.2. The highest BCUT2D eigenvalue weighted by Gasteiger charge is 2.31. The van der Waals surface area contributed by atoms with Crippen molar-refractivity contribution < 1.29 is 14.2 Å². The fourth-order valence-corrected chi connectivity index (χ4v) is 7.53. The summed E-state index contributed by atoms with van der Waals surface area (Å²) < 4.78 is 21.9. The zero-order valence-electron chi connectivity index (χ0n) is 33.2. The number of aromatic hydroxyl groups is 1. The summed E-state index contributed by atoms with van der Waals surface area (Å²) in [5.74, 6) is 1.08. The van der Waals surface area contributed by atoms with Crippen molar-refractivity contribution in [1.29, 1.82) is 5.41 Å². The molecule has 0 saturated heterocycles. The van der Waals surface area contributed by atoms with Crippen LogP contribution in [0.4, 0.5) is 4.39 Å². The number of ether oxygens (including phenoxy) is 1.